The van der Waals surface area contributed by atoms with Gasteiger partial charge in [0.05, 0.1) is 6.04 Å². The van der Waals surface area contributed by atoms with E-state index in [0.29, 0.717) is 18.1 Å². The molecule has 2 rings (SSSR count). The molecule has 0 bridgehead atoms. The van der Waals surface area contributed by atoms with Crippen LogP contribution in [-0.2, 0) is 4.74 Å². The van der Waals surface area contributed by atoms with E-state index >= 15 is 0 Å². The topological polar surface area (TPSA) is 12.5 Å². The Labute approximate surface area is 95.3 Å². The molecule has 1 aliphatic rings. The monoisotopic (exact) mass is 221 g/mol. The van der Waals surface area contributed by atoms with Crippen LogP contribution in [0.4, 0.5) is 10.1 Å². The van der Waals surface area contributed by atoms with Crippen LogP contribution >= 0.6 is 0 Å². The lowest BCUT2D eigenvalue weighted by atomic mass is 10.1. The number of hydrogen-bond acceptors (Lipinski definition) is 2. The summed E-state index contributed by atoms with van der Waals surface area (Å²) in [6.07, 6.45) is 0.953. The Hall–Kier alpha value is -1.51. The molecular formula is C13H16FNO. The van der Waals surface area contributed by atoms with Crippen molar-refractivity contribution in [1.82, 2.24) is 0 Å². The Morgan fingerprint density at radius 2 is 2.31 bits per heavy atom. The van der Waals surface area contributed by atoms with Crippen LogP contribution in [0.3, 0.4) is 0 Å². The van der Waals surface area contributed by atoms with Crippen LogP contribution in [0.1, 0.15) is 18.9 Å². The molecule has 1 aromatic carbocycles. The number of aryl methyl sites for hydroxylation is 1. The molecule has 0 radical (unpaired) electrons. The van der Waals surface area contributed by atoms with Crippen molar-refractivity contribution >= 4 is 5.69 Å². The largest absolute Gasteiger partial charge is 0.477 e. The van der Waals surface area contributed by atoms with E-state index in [1.54, 1.807) is 13.0 Å². The minimum Gasteiger partial charge on any atom is -0.477 e. The average Bonchev–Trinajstić information content (AvgIpc) is 2.64. The summed E-state index contributed by atoms with van der Waals surface area (Å²) in [7, 11) is 0. The Bertz CT molecular complexity index is 416. The number of rotatable bonds is 2. The van der Waals surface area contributed by atoms with Crippen molar-refractivity contribution in [1.29, 1.82) is 0 Å². The van der Waals surface area contributed by atoms with Crippen LogP contribution in [0.15, 0.2) is 30.7 Å². The summed E-state index contributed by atoms with van der Waals surface area (Å²) in [6, 6.07) is 5.48. The predicted octanol–water partition coefficient (Wildman–Crippen LogP) is 3.22. The Morgan fingerprint density at radius 3 is 2.94 bits per heavy atom. The summed E-state index contributed by atoms with van der Waals surface area (Å²) < 4.78 is 18.9. The molecule has 0 spiro atoms. The van der Waals surface area contributed by atoms with Crippen molar-refractivity contribution in [3.8, 4) is 0 Å². The van der Waals surface area contributed by atoms with E-state index in [-0.39, 0.29) is 11.9 Å². The van der Waals surface area contributed by atoms with Gasteiger partial charge in [-0.15, -0.1) is 0 Å². The lowest BCUT2D eigenvalue weighted by Crippen LogP contribution is -2.28. The molecule has 1 heterocycles. The minimum atomic E-state index is -0.188. The lowest BCUT2D eigenvalue weighted by molar-refractivity contribution is 0.255. The Morgan fingerprint density at radius 1 is 1.56 bits per heavy atom. The highest BCUT2D eigenvalue weighted by Gasteiger charge is 2.28. The number of hydrogen-bond donors (Lipinski definition) is 0. The highest BCUT2D eigenvalue weighted by molar-refractivity contribution is 5.54. The van der Waals surface area contributed by atoms with Gasteiger partial charge in [-0.1, -0.05) is 13.0 Å². The van der Waals surface area contributed by atoms with Crippen molar-refractivity contribution in [3.05, 3.63) is 42.0 Å². The molecule has 0 saturated carbocycles. The molecule has 1 aromatic rings. The van der Waals surface area contributed by atoms with Crippen molar-refractivity contribution in [2.24, 2.45) is 0 Å². The molecule has 0 aromatic heterocycles. The summed E-state index contributed by atoms with van der Waals surface area (Å²) in [6.45, 7) is 8.32. The number of nitrogens with zero attached hydrogens (tertiary/aromatic N) is 1. The maximum Gasteiger partial charge on any atom is 0.186 e. The van der Waals surface area contributed by atoms with Gasteiger partial charge in [-0.25, -0.2) is 4.39 Å². The van der Waals surface area contributed by atoms with Gasteiger partial charge in [-0.3, -0.25) is 0 Å². The summed E-state index contributed by atoms with van der Waals surface area (Å²) in [5, 5.41) is 0. The molecule has 2 nitrogen and oxygen atoms in total. The first-order valence-electron chi connectivity index (χ1n) is 5.50. The molecule has 0 amide bonds. The molecule has 1 aliphatic heterocycles. The second-order valence-electron chi connectivity index (χ2n) is 4.07. The average molecular weight is 221 g/mol. The van der Waals surface area contributed by atoms with Gasteiger partial charge in [0.2, 0.25) is 0 Å². The van der Waals surface area contributed by atoms with Gasteiger partial charge in [0, 0.05) is 5.69 Å². The van der Waals surface area contributed by atoms with Gasteiger partial charge in [0.15, 0.2) is 5.88 Å². The van der Waals surface area contributed by atoms with Crippen LogP contribution < -0.4 is 4.90 Å². The standard InChI is InChI=1S/C13H16FNO/c1-4-11-8-16-10(3)15(11)12-6-5-9(2)13(14)7-12/h5-7,11H,3-4,8H2,1-2H3. The molecule has 1 fully saturated rings. The maximum atomic E-state index is 13.5. The van der Waals surface area contributed by atoms with E-state index in [2.05, 4.69) is 13.5 Å². The van der Waals surface area contributed by atoms with E-state index in [1.165, 1.54) is 6.07 Å². The summed E-state index contributed by atoms with van der Waals surface area (Å²) >= 11 is 0. The smallest absolute Gasteiger partial charge is 0.186 e. The van der Waals surface area contributed by atoms with E-state index in [9.17, 15) is 4.39 Å². The Balaban J connectivity index is 2.35. The second-order valence-corrected chi connectivity index (χ2v) is 4.07. The molecule has 3 heteroatoms. The fourth-order valence-corrected chi connectivity index (χ4v) is 1.93. The van der Waals surface area contributed by atoms with Crippen LogP contribution in [0.2, 0.25) is 0 Å². The second kappa shape index (κ2) is 4.16. The molecule has 1 unspecified atom stereocenters. The van der Waals surface area contributed by atoms with Gasteiger partial charge >= 0.3 is 0 Å². The van der Waals surface area contributed by atoms with Crippen molar-refractivity contribution in [2.75, 3.05) is 11.5 Å². The van der Waals surface area contributed by atoms with Gasteiger partial charge in [-0.2, -0.15) is 0 Å². The third-order valence-corrected chi connectivity index (χ3v) is 2.98. The van der Waals surface area contributed by atoms with Gasteiger partial charge in [0.1, 0.15) is 12.4 Å². The summed E-state index contributed by atoms with van der Waals surface area (Å²) in [4.78, 5) is 1.96. The van der Waals surface area contributed by atoms with Crippen molar-refractivity contribution < 1.29 is 9.13 Å². The quantitative estimate of drug-likeness (QED) is 0.760. The SMILES string of the molecule is C=C1OCC(CC)N1c1ccc(C)c(F)c1. The predicted molar refractivity (Wildman–Crippen MR) is 62.8 cm³/mol. The molecule has 1 atom stereocenters. The zero-order chi connectivity index (χ0) is 11.7. The van der Waals surface area contributed by atoms with E-state index in [4.69, 9.17) is 4.74 Å². The first-order chi connectivity index (χ1) is 7.63. The fraction of sp³-hybridized carbons (Fsp3) is 0.385. The van der Waals surface area contributed by atoms with Crippen LogP contribution in [0, 0.1) is 12.7 Å². The number of anilines is 1. The summed E-state index contributed by atoms with van der Waals surface area (Å²) in [5.74, 6) is 0.419. The normalized spacial score (nSPS) is 20.1. The number of halogens is 1. The third kappa shape index (κ3) is 1.77. The third-order valence-electron chi connectivity index (χ3n) is 2.98. The molecule has 86 valence electrons. The molecule has 16 heavy (non-hydrogen) atoms. The molecule has 0 aliphatic carbocycles. The molecule has 1 saturated heterocycles. The first-order valence-corrected chi connectivity index (χ1v) is 5.50. The number of benzene rings is 1. The van der Waals surface area contributed by atoms with Crippen LogP contribution in [0.25, 0.3) is 0 Å². The van der Waals surface area contributed by atoms with Crippen molar-refractivity contribution in [2.45, 2.75) is 26.3 Å². The zero-order valence-electron chi connectivity index (χ0n) is 9.66. The van der Waals surface area contributed by atoms with E-state index in [1.807, 2.05) is 11.0 Å². The zero-order valence-corrected chi connectivity index (χ0v) is 9.66. The van der Waals surface area contributed by atoms with Gasteiger partial charge in [-0.05, 0) is 37.6 Å². The lowest BCUT2D eigenvalue weighted by Gasteiger charge is -2.23. The van der Waals surface area contributed by atoms with Gasteiger partial charge < -0.3 is 9.64 Å². The van der Waals surface area contributed by atoms with Crippen molar-refractivity contribution in [3.63, 3.8) is 0 Å². The highest BCUT2D eigenvalue weighted by atomic mass is 19.1. The van der Waals surface area contributed by atoms with E-state index in [0.717, 1.165) is 12.1 Å². The minimum absolute atomic E-state index is 0.188. The van der Waals surface area contributed by atoms with Crippen LogP contribution in [-0.4, -0.2) is 12.6 Å². The van der Waals surface area contributed by atoms with E-state index < -0.39 is 0 Å². The van der Waals surface area contributed by atoms with Gasteiger partial charge in [0.25, 0.3) is 0 Å². The molecular weight excluding hydrogens is 205 g/mol. The molecule has 0 N–H and O–H groups in total. The first kappa shape index (κ1) is 11.0. The highest BCUT2D eigenvalue weighted by Crippen LogP contribution is 2.29. The van der Waals surface area contributed by atoms with Crippen LogP contribution in [0.5, 0.6) is 0 Å². The Kier molecular flexibility index (Phi) is 2.86. The fourth-order valence-electron chi connectivity index (χ4n) is 1.93. The maximum absolute atomic E-state index is 13.5. The number of ether oxygens (including phenoxy) is 1. The summed E-state index contributed by atoms with van der Waals surface area (Å²) in [5.41, 5.74) is 1.47.